The highest BCUT2D eigenvalue weighted by Gasteiger charge is 2.27. The second kappa shape index (κ2) is 13.1. The molecule has 3 aromatic heterocycles. The third kappa shape index (κ3) is 5.31. The van der Waals surface area contributed by atoms with E-state index in [0.29, 0.717) is 0 Å². The van der Waals surface area contributed by atoms with Crippen molar-refractivity contribution in [2.24, 2.45) is 0 Å². The average Bonchev–Trinajstić information content (AvgIpc) is 4.09. The van der Waals surface area contributed by atoms with E-state index in [9.17, 15) is 0 Å². The van der Waals surface area contributed by atoms with Gasteiger partial charge in [-0.3, -0.25) is 0 Å². The third-order valence-electron chi connectivity index (χ3n) is 10.9. The third-order valence-corrected chi connectivity index (χ3v) is 10.9. The minimum Gasteiger partial charge on any atom is -0.354 e. The smallest absolute Gasteiger partial charge is 0.0816 e. The Hall–Kier alpha value is -7.56. The molecule has 6 aromatic carbocycles. The highest BCUT2D eigenvalue weighted by atomic mass is 14.8. The normalized spacial score (nSPS) is 11.9. The van der Waals surface area contributed by atoms with Crippen molar-refractivity contribution in [3.05, 3.63) is 193 Å². The predicted molar refractivity (Wildman–Crippen MR) is 234 cm³/mol. The summed E-state index contributed by atoms with van der Waals surface area (Å²) in [6.45, 7) is 0. The van der Waals surface area contributed by atoms with Crippen LogP contribution in [0, 0.1) is 0 Å². The minimum atomic E-state index is 0.873. The van der Waals surface area contributed by atoms with Crippen LogP contribution >= 0.6 is 0 Å². The van der Waals surface area contributed by atoms with Crippen molar-refractivity contribution in [1.82, 2.24) is 19.9 Å². The van der Waals surface area contributed by atoms with Crippen LogP contribution in [0.4, 0.5) is 0 Å². The highest BCUT2D eigenvalue weighted by Crippen LogP contribution is 2.48. The summed E-state index contributed by atoms with van der Waals surface area (Å²) in [5, 5.41) is 2.34. The standard InChI is InChI=1S/C52H34N4/c1-5-15-33(16-6-1)47-41-25-26-42(53-41)48(34-17-7-2-8-18-34)44-28-30-46(55-44)50(36-21-11-4-12-22-36)52-40-32-38-24-14-13-23-37(38)31-39(40)51(56-52)49(35-19-9-3-10-20-35)45-29-27-43(47)54-45/h1-32,53-54H. The molecule has 0 saturated heterocycles. The zero-order valence-electron chi connectivity index (χ0n) is 30.4. The molecule has 2 aliphatic heterocycles. The van der Waals surface area contributed by atoms with Crippen LogP contribution in [0.25, 0.3) is 112 Å². The fraction of sp³-hybridized carbons (Fsp3) is 0. The zero-order valence-corrected chi connectivity index (χ0v) is 30.4. The van der Waals surface area contributed by atoms with E-state index >= 15 is 0 Å². The van der Waals surface area contributed by atoms with Crippen LogP contribution in [0.2, 0.25) is 0 Å². The fourth-order valence-corrected chi connectivity index (χ4v) is 8.40. The SMILES string of the molecule is C1=Cc2nc1c(-c1ccccc1)c1nc(c(-c3ccccc3)c3ccc([nH]3)c(-c3ccccc3)c3ccc([nH]3)c2-c2ccccc2)-c2cc3ccccc3cc2-1. The molecule has 4 heteroatoms. The monoisotopic (exact) mass is 714 g/mol. The first kappa shape index (κ1) is 31.9. The van der Waals surface area contributed by atoms with Gasteiger partial charge in [-0.15, -0.1) is 0 Å². The van der Waals surface area contributed by atoms with E-state index in [2.05, 4.69) is 204 Å². The Bertz CT molecular complexity index is 3160. The summed E-state index contributed by atoms with van der Waals surface area (Å²) >= 11 is 0. The molecular formula is C52H34N4. The van der Waals surface area contributed by atoms with Crippen LogP contribution in [0.3, 0.4) is 0 Å². The molecule has 0 saturated carbocycles. The van der Waals surface area contributed by atoms with E-state index in [1.54, 1.807) is 0 Å². The van der Waals surface area contributed by atoms with Crippen LogP contribution in [0.1, 0.15) is 11.4 Å². The van der Waals surface area contributed by atoms with Gasteiger partial charge in [-0.25, -0.2) is 9.97 Å². The molecule has 0 fully saturated rings. The predicted octanol–water partition coefficient (Wildman–Crippen LogP) is 13.6. The van der Waals surface area contributed by atoms with Gasteiger partial charge in [-0.05, 0) is 81.6 Å². The molecule has 0 atom stereocenters. The largest absolute Gasteiger partial charge is 0.354 e. The van der Waals surface area contributed by atoms with E-state index in [1.807, 2.05) is 0 Å². The van der Waals surface area contributed by atoms with Gasteiger partial charge in [0.2, 0.25) is 0 Å². The van der Waals surface area contributed by atoms with Crippen molar-refractivity contribution in [3.8, 4) is 67.0 Å². The Morgan fingerprint density at radius 1 is 0.304 bits per heavy atom. The Morgan fingerprint density at radius 2 is 0.661 bits per heavy atom. The molecule has 5 heterocycles. The van der Waals surface area contributed by atoms with Gasteiger partial charge in [-0.2, -0.15) is 0 Å². The molecule has 9 aromatic rings. The second-order valence-corrected chi connectivity index (χ2v) is 14.3. The van der Waals surface area contributed by atoms with E-state index in [1.165, 1.54) is 10.8 Å². The number of nitrogens with zero attached hydrogens (tertiary/aromatic N) is 2. The molecule has 0 unspecified atom stereocenters. The van der Waals surface area contributed by atoms with Crippen LogP contribution in [-0.4, -0.2) is 19.9 Å². The molecule has 8 bridgehead atoms. The van der Waals surface area contributed by atoms with Crippen molar-refractivity contribution >= 4 is 45.0 Å². The molecule has 4 nitrogen and oxygen atoms in total. The Balaban J connectivity index is 1.39. The maximum absolute atomic E-state index is 5.74. The molecule has 11 rings (SSSR count). The molecule has 0 aliphatic carbocycles. The van der Waals surface area contributed by atoms with Crippen molar-refractivity contribution in [2.45, 2.75) is 0 Å². The number of fused-ring (bicyclic) bond motifs is 12. The summed E-state index contributed by atoms with van der Waals surface area (Å²) in [7, 11) is 0. The van der Waals surface area contributed by atoms with Crippen molar-refractivity contribution < 1.29 is 0 Å². The van der Waals surface area contributed by atoms with Gasteiger partial charge >= 0.3 is 0 Å². The number of nitrogens with one attached hydrogen (secondary N) is 2. The number of aromatic amines is 2. The Morgan fingerprint density at radius 3 is 1.16 bits per heavy atom. The maximum atomic E-state index is 5.74. The number of H-pyrrole nitrogens is 2. The molecular weight excluding hydrogens is 681 g/mol. The van der Waals surface area contributed by atoms with E-state index in [0.717, 1.165) is 100 Å². The molecule has 2 aliphatic rings. The van der Waals surface area contributed by atoms with Crippen LogP contribution in [-0.2, 0) is 0 Å². The van der Waals surface area contributed by atoms with Crippen molar-refractivity contribution in [2.75, 3.05) is 0 Å². The van der Waals surface area contributed by atoms with Gasteiger partial charge in [-0.1, -0.05) is 146 Å². The summed E-state index contributed by atoms with van der Waals surface area (Å²) in [6.07, 6.45) is 4.31. The Kier molecular flexibility index (Phi) is 7.46. The average molecular weight is 715 g/mol. The van der Waals surface area contributed by atoms with Crippen LogP contribution < -0.4 is 0 Å². The van der Waals surface area contributed by atoms with Crippen molar-refractivity contribution in [3.63, 3.8) is 0 Å². The van der Waals surface area contributed by atoms with Gasteiger partial charge < -0.3 is 9.97 Å². The lowest BCUT2D eigenvalue weighted by atomic mass is 9.92. The lowest BCUT2D eigenvalue weighted by molar-refractivity contribution is 1.31. The second-order valence-electron chi connectivity index (χ2n) is 14.3. The lowest BCUT2D eigenvalue weighted by Gasteiger charge is -2.10. The summed E-state index contributed by atoms with van der Waals surface area (Å²) in [5.41, 5.74) is 18.3. The van der Waals surface area contributed by atoms with Crippen LogP contribution in [0.15, 0.2) is 182 Å². The number of hydrogen-bond acceptors (Lipinski definition) is 2. The number of rotatable bonds is 4. The maximum Gasteiger partial charge on any atom is 0.0816 e. The van der Waals surface area contributed by atoms with Gasteiger partial charge in [0.05, 0.1) is 22.8 Å². The summed E-state index contributed by atoms with van der Waals surface area (Å²) < 4.78 is 0. The lowest BCUT2D eigenvalue weighted by Crippen LogP contribution is -1.90. The highest BCUT2D eigenvalue weighted by molar-refractivity contribution is 6.07. The summed E-state index contributed by atoms with van der Waals surface area (Å²) in [5.74, 6) is 0. The summed E-state index contributed by atoms with van der Waals surface area (Å²) in [6, 6.07) is 64.4. The van der Waals surface area contributed by atoms with E-state index in [4.69, 9.17) is 9.97 Å². The number of hydrogen-bond donors (Lipinski definition) is 2. The molecule has 2 N–H and O–H groups in total. The van der Waals surface area contributed by atoms with E-state index < -0.39 is 0 Å². The van der Waals surface area contributed by atoms with Crippen molar-refractivity contribution in [1.29, 1.82) is 0 Å². The van der Waals surface area contributed by atoms with Crippen LogP contribution in [0.5, 0.6) is 0 Å². The quantitative estimate of drug-likeness (QED) is 0.191. The van der Waals surface area contributed by atoms with Gasteiger partial charge in [0.1, 0.15) is 0 Å². The molecule has 0 amide bonds. The molecule has 56 heavy (non-hydrogen) atoms. The fourth-order valence-electron chi connectivity index (χ4n) is 8.40. The van der Waals surface area contributed by atoms with E-state index in [-0.39, 0.29) is 0 Å². The van der Waals surface area contributed by atoms with Gasteiger partial charge in [0.25, 0.3) is 0 Å². The van der Waals surface area contributed by atoms with Gasteiger partial charge in [0.15, 0.2) is 0 Å². The first-order valence-corrected chi connectivity index (χ1v) is 19.0. The molecule has 262 valence electrons. The molecule has 0 spiro atoms. The molecule has 0 radical (unpaired) electrons. The Labute approximate surface area is 324 Å². The number of aromatic nitrogens is 4. The minimum absolute atomic E-state index is 0.873. The number of benzene rings is 6. The zero-order chi connectivity index (χ0) is 37.0. The van der Waals surface area contributed by atoms with Gasteiger partial charge in [0, 0.05) is 55.4 Å². The first-order chi connectivity index (χ1) is 27.8. The summed E-state index contributed by atoms with van der Waals surface area (Å²) in [4.78, 5) is 19.0. The topological polar surface area (TPSA) is 57.4 Å². The first-order valence-electron chi connectivity index (χ1n) is 19.0.